The SMILES string of the molecule is CN1C(=O)CC(C(=O)N2CCCC(C)(C(=O)O)C2)C1c1cccc(Cl)c1. The average Bonchev–Trinajstić information content (AvgIpc) is 2.89. The molecule has 6 nitrogen and oxygen atoms in total. The van der Waals surface area contributed by atoms with Crippen molar-refractivity contribution >= 4 is 29.4 Å². The number of carboxylic acid groups (broad SMARTS) is 1. The molecule has 140 valence electrons. The van der Waals surface area contributed by atoms with Gasteiger partial charge in [-0.3, -0.25) is 14.4 Å². The lowest BCUT2D eigenvalue weighted by atomic mass is 9.81. The molecule has 7 heteroatoms. The highest BCUT2D eigenvalue weighted by atomic mass is 35.5. The van der Waals surface area contributed by atoms with Gasteiger partial charge in [0.15, 0.2) is 0 Å². The van der Waals surface area contributed by atoms with Crippen LogP contribution in [0.15, 0.2) is 24.3 Å². The van der Waals surface area contributed by atoms with Crippen LogP contribution in [-0.2, 0) is 14.4 Å². The predicted molar refractivity (Wildman–Crippen MR) is 96.6 cm³/mol. The summed E-state index contributed by atoms with van der Waals surface area (Å²) < 4.78 is 0. The number of carboxylic acids is 1. The van der Waals surface area contributed by atoms with Crippen molar-refractivity contribution in [2.45, 2.75) is 32.2 Å². The molecule has 0 radical (unpaired) electrons. The van der Waals surface area contributed by atoms with Gasteiger partial charge < -0.3 is 14.9 Å². The van der Waals surface area contributed by atoms with Gasteiger partial charge in [0.2, 0.25) is 11.8 Å². The average molecular weight is 379 g/mol. The molecular weight excluding hydrogens is 356 g/mol. The van der Waals surface area contributed by atoms with Crippen molar-refractivity contribution in [2.75, 3.05) is 20.1 Å². The summed E-state index contributed by atoms with van der Waals surface area (Å²) >= 11 is 6.09. The van der Waals surface area contributed by atoms with Crippen LogP contribution in [-0.4, -0.2) is 52.8 Å². The largest absolute Gasteiger partial charge is 0.481 e. The number of amides is 2. The second kappa shape index (κ2) is 6.91. The van der Waals surface area contributed by atoms with Crippen LogP contribution in [0.3, 0.4) is 0 Å². The summed E-state index contributed by atoms with van der Waals surface area (Å²) in [6, 6.07) is 6.81. The maximum atomic E-state index is 13.2. The smallest absolute Gasteiger partial charge is 0.311 e. The van der Waals surface area contributed by atoms with Crippen molar-refractivity contribution in [3.8, 4) is 0 Å². The lowest BCUT2D eigenvalue weighted by molar-refractivity contribution is -0.154. The Morgan fingerprint density at radius 2 is 2.08 bits per heavy atom. The van der Waals surface area contributed by atoms with Crippen LogP contribution in [0.4, 0.5) is 0 Å². The van der Waals surface area contributed by atoms with E-state index in [1.54, 1.807) is 42.0 Å². The fourth-order valence-corrected chi connectivity index (χ4v) is 4.27. The van der Waals surface area contributed by atoms with Crippen LogP contribution in [0.5, 0.6) is 0 Å². The van der Waals surface area contributed by atoms with Gasteiger partial charge >= 0.3 is 5.97 Å². The van der Waals surface area contributed by atoms with Crippen LogP contribution in [0.2, 0.25) is 5.02 Å². The summed E-state index contributed by atoms with van der Waals surface area (Å²) in [5.74, 6) is -1.66. The van der Waals surface area contributed by atoms with Gasteiger partial charge in [0.25, 0.3) is 0 Å². The number of hydrogen-bond acceptors (Lipinski definition) is 3. The molecule has 2 amide bonds. The number of halogens is 1. The summed E-state index contributed by atoms with van der Waals surface area (Å²) in [6.45, 7) is 2.38. The van der Waals surface area contributed by atoms with E-state index in [1.807, 2.05) is 6.07 Å². The van der Waals surface area contributed by atoms with Gasteiger partial charge in [-0.25, -0.2) is 0 Å². The molecule has 1 aromatic rings. The van der Waals surface area contributed by atoms with E-state index in [4.69, 9.17) is 11.6 Å². The summed E-state index contributed by atoms with van der Waals surface area (Å²) in [5.41, 5.74) is -0.115. The zero-order valence-corrected chi connectivity index (χ0v) is 15.7. The summed E-state index contributed by atoms with van der Waals surface area (Å²) in [6.07, 6.45) is 1.33. The fourth-order valence-electron chi connectivity index (χ4n) is 4.07. The Kier molecular flexibility index (Phi) is 4.97. The molecule has 2 aliphatic heterocycles. The van der Waals surface area contributed by atoms with E-state index in [1.165, 1.54) is 0 Å². The summed E-state index contributed by atoms with van der Waals surface area (Å²) in [5, 5.41) is 10.0. The molecule has 0 aromatic heterocycles. The Bertz CT molecular complexity index is 753. The molecule has 2 heterocycles. The Morgan fingerprint density at radius 1 is 1.35 bits per heavy atom. The number of benzene rings is 1. The topological polar surface area (TPSA) is 77.9 Å². The number of carbonyl (C=O) groups is 3. The molecule has 3 rings (SSSR count). The first kappa shape index (κ1) is 18.7. The Labute approximate surface area is 157 Å². The molecule has 2 aliphatic rings. The standard InChI is InChI=1S/C19H23ClN2O4/c1-19(18(25)26)7-4-8-22(11-19)17(24)14-10-15(23)21(2)16(14)12-5-3-6-13(20)9-12/h3,5-6,9,14,16H,4,7-8,10-11H2,1-2H3,(H,25,26). The van der Waals surface area contributed by atoms with Gasteiger partial charge in [-0.15, -0.1) is 0 Å². The Morgan fingerprint density at radius 3 is 2.73 bits per heavy atom. The zero-order chi connectivity index (χ0) is 19.1. The van der Waals surface area contributed by atoms with E-state index in [9.17, 15) is 19.5 Å². The van der Waals surface area contributed by atoms with Gasteiger partial charge in [0.1, 0.15) is 0 Å². The number of carbonyl (C=O) groups excluding carboxylic acids is 2. The van der Waals surface area contributed by atoms with Crippen molar-refractivity contribution < 1.29 is 19.5 Å². The fraction of sp³-hybridized carbons (Fsp3) is 0.526. The number of likely N-dealkylation sites (tertiary alicyclic amines) is 2. The Balaban J connectivity index is 1.87. The van der Waals surface area contributed by atoms with Crippen LogP contribution < -0.4 is 0 Å². The first-order chi connectivity index (χ1) is 12.2. The molecule has 2 saturated heterocycles. The van der Waals surface area contributed by atoms with E-state index in [-0.39, 0.29) is 30.8 Å². The second-order valence-electron chi connectivity index (χ2n) is 7.54. The molecule has 0 saturated carbocycles. The maximum absolute atomic E-state index is 13.2. The van der Waals surface area contributed by atoms with Crippen molar-refractivity contribution in [1.82, 2.24) is 9.80 Å². The predicted octanol–water partition coefficient (Wildman–Crippen LogP) is 2.57. The molecule has 0 bridgehead atoms. The molecule has 3 unspecified atom stereocenters. The quantitative estimate of drug-likeness (QED) is 0.876. The van der Waals surface area contributed by atoms with Crippen molar-refractivity contribution in [3.05, 3.63) is 34.9 Å². The molecule has 26 heavy (non-hydrogen) atoms. The second-order valence-corrected chi connectivity index (χ2v) is 7.98. The third-order valence-corrected chi connectivity index (χ3v) is 5.85. The summed E-state index contributed by atoms with van der Waals surface area (Å²) in [7, 11) is 1.69. The van der Waals surface area contributed by atoms with Crippen LogP contribution in [0.1, 0.15) is 37.8 Å². The minimum absolute atomic E-state index is 0.0914. The molecule has 0 aliphatic carbocycles. The third-order valence-electron chi connectivity index (χ3n) is 5.62. The first-order valence-electron chi connectivity index (χ1n) is 8.76. The van der Waals surface area contributed by atoms with E-state index >= 15 is 0 Å². The van der Waals surface area contributed by atoms with E-state index in [0.29, 0.717) is 24.4 Å². The number of piperidine rings is 1. The minimum Gasteiger partial charge on any atom is -0.481 e. The van der Waals surface area contributed by atoms with E-state index in [0.717, 1.165) is 5.56 Å². The molecule has 0 spiro atoms. The highest BCUT2D eigenvalue weighted by Gasteiger charge is 2.47. The van der Waals surface area contributed by atoms with Crippen LogP contribution in [0.25, 0.3) is 0 Å². The van der Waals surface area contributed by atoms with Crippen molar-refractivity contribution in [1.29, 1.82) is 0 Å². The molecule has 3 atom stereocenters. The summed E-state index contributed by atoms with van der Waals surface area (Å²) in [4.78, 5) is 40.3. The number of rotatable bonds is 3. The van der Waals surface area contributed by atoms with E-state index in [2.05, 4.69) is 0 Å². The van der Waals surface area contributed by atoms with E-state index < -0.39 is 17.3 Å². The van der Waals surface area contributed by atoms with Crippen molar-refractivity contribution in [2.24, 2.45) is 11.3 Å². The van der Waals surface area contributed by atoms with Gasteiger partial charge in [0.05, 0.1) is 17.4 Å². The maximum Gasteiger partial charge on any atom is 0.311 e. The normalized spacial score (nSPS) is 29.1. The van der Waals surface area contributed by atoms with Gasteiger partial charge in [-0.05, 0) is 37.5 Å². The lowest BCUT2D eigenvalue weighted by Crippen LogP contribution is -2.50. The zero-order valence-electron chi connectivity index (χ0n) is 14.9. The highest BCUT2D eigenvalue weighted by Crippen LogP contribution is 2.40. The minimum atomic E-state index is -0.937. The highest BCUT2D eigenvalue weighted by molar-refractivity contribution is 6.30. The molecule has 1 N–H and O–H groups in total. The number of nitrogens with zero attached hydrogens (tertiary/aromatic N) is 2. The monoisotopic (exact) mass is 378 g/mol. The van der Waals surface area contributed by atoms with Crippen LogP contribution >= 0.6 is 11.6 Å². The van der Waals surface area contributed by atoms with Crippen LogP contribution in [0, 0.1) is 11.3 Å². The van der Waals surface area contributed by atoms with Gasteiger partial charge in [0, 0.05) is 31.6 Å². The molecule has 2 fully saturated rings. The molecular formula is C19H23ClN2O4. The van der Waals surface area contributed by atoms with Gasteiger partial charge in [-0.1, -0.05) is 23.7 Å². The third kappa shape index (κ3) is 3.30. The lowest BCUT2D eigenvalue weighted by Gasteiger charge is -2.39. The first-order valence-corrected chi connectivity index (χ1v) is 9.14. The van der Waals surface area contributed by atoms with Crippen molar-refractivity contribution in [3.63, 3.8) is 0 Å². The molecule has 1 aromatic carbocycles. The number of aliphatic carboxylic acids is 1. The Hall–Kier alpha value is -2.08. The number of hydrogen-bond donors (Lipinski definition) is 1. The van der Waals surface area contributed by atoms with Gasteiger partial charge in [-0.2, -0.15) is 0 Å².